The van der Waals surface area contributed by atoms with Crippen LogP contribution in [0.25, 0.3) is 38.4 Å². The van der Waals surface area contributed by atoms with E-state index < -0.39 is 0 Å². The highest BCUT2D eigenvalue weighted by molar-refractivity contribution is 6.25. The van der Waals surface area contributed by atoms with Gasteiger partial charge in [-0.2, -0.15) is 0 Å². The molecule has 0 aliphatic carbocycles. The van der Waals surface area contributed by atoms with Gasteiger partial charge in [0.05, 0.1) is 5.69 Å². The van der Waals surface area contributed by atoms with Gasteiger partial charge in [0.2, 0.25) is 0 Å². The molecule has 0 saturated heterocycles. The Morgan fingerprint density at radius 3 is 1.81 bits per heavy atom. The lowest BCUT2D eigenvalue weighted by molar-refractivity contribution is 1.29. The second-order valence-corrected chi connectivity index (χ2v) is 8.37. The van der Waals surface area contributed by atoms with Gasteiger partial charge < -0.3 is 4.90 Å². The summed E-state index contributed by atoms with van der Waals surface area (Å²) in [7, 11) is 0. The maximum Gasteiger partial charge on any atom is 0.0540 e. The van der Waals surface area contributed by atoms with Gasteiger partial charge in [-0.1, -0.05) is 91.0 Å². The largest absolute Gasteiger partial charge is 0.310 e. The van der Waals surface area contributed by atoms with E-state index in [9.17, 15) is 0 Å². The van der Waals surface area contributed by atoms with Crippen molar-refractivity contribution in [3.8, 4) is 0 Å². The second-order valence-electron chi connectivity index (χ2n) is 8.37. The van der Waals surface area contributed by atoms with Crippen LogP contribution in [-0.4, -0.2) is 0 Å². The van der Waals surface area contributed by atoms with Crippen LogP contribution in [0.2, 0.25) is 0 Å². The summed E-state index contributed by atoms with van der Waals surface area (Å²) in [5, 5.41) is 7.74. The van der Waals surface area contributed by atoms with E-state index in [-0.39, 0.29) is 0 Å². The lowest BCUT2D eigenvalue weighted by Crippen LogP contribution is -2.10. The van der Waals surface area contributed by atoms with E-state index in [4.69, 9.17) is 6.58 Å². The molecule has 1 heteroatoms. The Morgan fingerprint density at radius 1 is 0.594 bits per heavy atom. The Labute approximate surface area is 188 Å². The van der Waals surface area contributed by atoms with Crippen molar-refractivity contribution >= 4 is 55.5 Å². The minimum absolute atomic E-state index is 1.01. The van der Waals surface area contributed by atoms with Gasteiger partial charge in [0, 0.05) is 16.8 Å². The van der Waals surface area contributed by atoms with E-state index >= 15 is 0 Å². The summed E-state index contributed by atoms with van der Waals surface area (Å²) in [6.45, 7) is 7.86. The summed E-state index contributed by atoms with van der Waals surface area (Å²) >= 11 is 0. The van der Waals surface area contributed by atoms with Crippen LogP contribution in [-0.2, 0) is 0 Å². The molecule has 32 heavy (non-hydrogen) atoms. The summed E-state index contributed by atoms with van der Waals surface area (Å²) in [5.41, 5.74) is 5.67. The maximum atomic E-state index is 5.73. The Hall–Kier alpha value is -4.10. The summed E-state index contributed by atoms with van der Waals surface area (Å²) in [5.74, 6) is 0. The number of hydrogen-bond donors (Lipinski definition) is 0. The van der Waals surface area contributed by atoms with E-state index in [2.05, 4.69) is 115 Å². The van der Waals surface area contributed by atoms with Gasteiger partial charge in [-0.3, -0.25) is 0 Å². The number of rotatable bonds is 4. The summed E-state index contributed by atoms with van der Waals surface area (Å²) in [6, 6.07) is 37.1. The van der Waals surface area contributed by atoms with Crippen molar-refractivity contribution in [1.29, 1.82) is 0 Å². The quantitative estimate of drug-likeness (QED) is 0.263. The molecule has 0 fully saturated rings. The monoisotopic (exact) mass is 408 g/mol. The highest BCUT2D eigenvalue weighted by atomic mass is 15.1. The molecule has 0 unspecified atom stereocenters. The number of hydrogen-bond acceptors (Lipinski definition) is 1. The molecule has 0 heterocycles. The molecule has 6 aromatic rings. The van der Waals surface area contributed by atoms with Crippen molar-refractivity contribution in [2.24, 2.45) is 0 Å². The van der Waals surface area contributed by atoms with Gasteiger partial charge in [0.1, 0.15) is 0 Å². The molecule has 0 bridgehead atoms. The Bertz CT molecular complexity index is 1560. The molecule has 0 saturated carbocycles. The molecular formula is C31H22N. The van der Waals surface area contributed by atoms with E-state index in [1.54, 1.807) is 6.08 Å². The van der Waals surface area contributed by atoms with Gasteiger partial charge in [0.15, 0.2) is 0 Å². The molecule has 0 aromatic heterocycles. The zero-order valence-corrected chi connectivity index (χ0v) is 17.9. The molecule has 1 nitrogen and oxygen atoms in total. The predicted molar refractivity (Wildman–Crippen MR) is 138 cm³/mol. The van der Waals surface area contributed by atoms with Crippen molar-refractivity contribution in [3.63, 3.8) is 0 Å². The van der Waals surface area contributed by atoms with Crippen LogP contribution in [0.4, 0.5) is 17.1 Å². The van der Waals surface area contributed by atoms with Crippen LogP contribution in [0.3, 0.4) is 0 Å². The molecule has 0 N–H and O–H groups in total. The smallest absolute Gasteiger partial charge is 0.0540 e. The van der Waals surface area contributed by atoms with Crippen LogP contribution in [0.1, 0.15) is 11.1 Å². The average molecular weight is 409 g/mol. The molecule has 0 aliphatic heterocycles. The predicted octanol–water partition coefficient (Wildman–Crippen LogP) is 8.81. The van der Waals surface area contributed by atoms with Gasteiger partial charge in [-0.15, -0.1) is 0 Å². The van der Waals surface area contributed by atoms with E-state index in [1.807, 2.05) is 0 Å². The van der Waals surface area contributed by atoms with Crippen molar-refractivity contribution < 1.29 is 0 Å². The van der Waals surface area contributed by atoms with Gasteiger partial charge in [-0.25, -0.2) is 0 Å². The summed E-state index contributed by atoms with van der Waals surface area (Å²) < 4.78 is 0. The summed E-state index contributed by atoms with van der Waals surface area (Å²) in [4.78, 5) is 2.34. The topological polar surface area (TPSA) is 3.24 Å². The molecule has 0 spiro atoms. The Morgan fingerprint density at radius 2 is 1.16 bits per heavy atom. The second kappa shape index (κ2) is 7.25. The highest BCUT2D eigenvalue weighted by Crippen LogP contribution is 2.43. The molecular weight excluding hydrogens is 386 g/mol. The van der Waals surface area contributed by atoms with Crippen molar-refractivity contribution in [1.82, 2.24) is 0 Å². The van der Waals surface area contributed by atoms with Gasteiger partial charge >= 0.3 is 0 Å². The first-order valence-corrected chi connectivity index (χ1v) is 10.9. The zero-order valence-electron chi connectivity index (χ0n) is 17.9. The average Bonchev–Trinajstić information content (AvgIpc) is 2.85. The van der Waals surface area contributed by atoms with Crippen molar-refractivity contribution in [3.05, 3.63) is 121 Å². The van der Waals surface area contributed by atoms with Crippen LogP contribution < -0.4 is 4.90 Å². The fraction of sp³-hybridized carbons (Fsp3) is 0.0323. The lowest BCUT2D eigenvalue weighted by Gasteiger charge is -2.28. The molecule has 6 aromatic carbocycles. The highest BCUT2D eigenvalue weighted by Gasteiger charge is 2.18. The fourth-order valence-corrected chi connectivity index (χ4v) is 4.77. The first-order chi connectivity index (χ1) is 15.7. The minimum Gasteiger partial charge on any atom is -0.310 e. The fourth-order valence-electron chi connectivity index (χ4n) is 4.77. The lowest BCUT2D eigenvalue weighted by atomic mass is 9.93. The third-order valence-corrected chi connectivity index (χ3v) is 6.38. The molecule has 0 aliphatic rings. The molecule has 6 rings (SSSR count). The van der Waals surface area contributed by atoms with Gasteiger partial charge in [-0.05, 0) is 69.8 Å². The first kappa shape index (κ1) is 18.7. The number of anilines is 3. The van der Waals surface area contributed by atoms with E-state index in [0.717, 1.165) is 16.9 Å². The molecule has 1 radical (unpaired) electrons. The van der Waals surface area contributed by atoms with Crippen LogP contribution in [0, 0.1) is 13.5 Å². The van der Waals surface area contributed by atoms with Crippen molar-refractivity contribution in [2.45, 2.75) is 6.92 Å². The van der Waals surface area contributed by atoms with Crippen LogP contribution in [0.5, 0.6) is 0 Å². The Kier molecular flexibility index (Phi) is 4.22. The normalized spacial score (nSPS) is 11.4. The third-order valence-electron chi connectivity index (χ3n) is 6.38. The number of benzene rings is 6. The first-order valence-electron chi connectivity index (χ1n) is 10.9. The number of nitrogens with zero attached hydrogens (tertiary/aromatic N) is 1. The Balaban J connectivity index is 1.67. The van der Waals surface area contributed by atoms with E-state index in [0.29, 0.717) is 0 Å². The minimum atomic E-state index is 1.01. The molecule has 151 valence electrons. The standard InChI is InChI=1S/C31H22N/c1-3-22-9-17-27(18-10-22)32(26-15-7-21(2)8-16-26)29-20-14-25-12-11-23-5-4-6-24-13-19-28(29)31(25)30(23)24/h1,3-20H,2H3. The summed E-state index contributed by atoms with van der Waals surface area (Å²) in [6.07, 6.45) is 1.64. The van der Waals surface area contributed by atoms with Crippen LogP contribution in [0.15, 0.2) is 103 Å². The molecule has 0 atom stereocenters. The van der Waals surface area contributed by atoms with Crippen molar-refractivity contribution in [2.75, 3.05) is 4.90 Å². The zero-order chi connectivity index (χ0) is 21.7. The molecule has 0 amide bonds. The van der Waals surface area contributed by atoms with Gasteiger partial charge in [0.25, 0.3) is 0 Å². The SMILES string of the molecule is [CH]=Cc1ccc(N(c2ccc(C)cc2)c2ccc3ccc4cccc5ccc2c3c45)cc1. The number of aryl methyl sites for hydroxylation is 1. The third kappa shape index (κ3) is 2.86. The maximum absolute atomic E-state index is 5.73. The van der Waals surface area contributed by atoms with Crippen LogP contribution >= 0.6 is 0 Å². The van der Waals surface area contributed by atoms with E-state index in [1.165, 1.54) is 43.6 Å².